The van der Waals surface area contributed by atoms with Gasteiger partial charge >= 0.3 is 5.97 Å². The number of benzene rings is 1. The number of rotatable bonds is 6. The molecule has 0 fully saturated rings. The molecule has 0 heterocycles. The first-order valence-electron chi connectivity index (χ1n) is 5.88. The SMILES string of the molecule is CCC(C(=O)O)N(CC)c1ccc(OC)c(Cl)c1. The minimum Gasteiger partial charge on any atom is -0.495 e. The van der Waals surface area contributed by atoms with E-state index in [9.17, 15) is 9.90 Å². The number of anilines is 1. The van der Waals surface area contributed by atoms with Crippen molar-refractivity contribution in [3.63, 3.8) is 0 Å². The van der Waals surface area contributed by atoms with Crippen LogP contribution in [-0.2, 0) is 4.79 Å². The molecule has 1 rings (SSSR count). The van der Waals surface area contributed by atoms with Crippen LogP contribution in [0.4, 0.5) is 5.69 Å². The minimum atomic E-state index is -0.828. The van der Waals surface area contributed by atoms with Gasteiger partial charge in [0.05, 0.1) is 12.1 Å². The lowest BCUT2D eigenvalue weighted by Gasteiger charge is -2.29. The molecule has 0 radical (unpaired) electrons. The smallest absolute Gasteiger partial charge is 0.326 e. The largest absolute Gasteiger partial charge is 0.495 e. The molecule has 0 amide bonds. The summed E-state index contributed by atoms with van der Waals surface area (Å²) in [6.07, 6.45) is 0.535. The van der Waals surface area contributed by atoms with Crippen LogP contribution in [0.5, 0.6) is 5.75 Å². The van der Waals surface area contributed by atoms with E-state index >= 15 is 0 Å². The fraction of sp³-hybridized carbons (Fsp3) is 0.462. The van der Waals surface area contributed by atoms with Crippen molar-refractivity contribution >= 4 is 23.3 Å². The third-order valence-corrected chi connectivity index (χ3v) is 3.15. The monoisotopic (exact) mass is 271 g/mol. The van der Waals surface area contributed by atoms with Crippen LogP contribution in [0.2, 0.25) is 5.02 Å². The Bertz CT molecular complexity index is 423. The van der Waals surface area contributed by atoms with Gasteiger partial charge in [-0.2, -0.15) is 0 Å². The molecule has 1 aromatic carbocycles. The molecule has 1 aromatic rings. The van der Waals surface area contributed by atoms with Crippen LogP contribution in [0.25, 0.3) is 0 Å². The van der Waals surface area contributed by atoms with E-state index in [0.717, 1.165) is 5.69 Å². The Hall–Kier alpha value is -1.42. The Morgan fingerprint density at radius 1 is 1.50 bits per heavy atom. The molecule has 0 saturated carbocycles. The molecule has 1 N–H and O–H groups in total. The molecule has 0 aliphatic rings. The van der Waals surface area contributed by atoms with Crippen LogP contribution in [-0.4, -0.2) is 30.8 Å². The second-order valence-corrected chi connectivity index (χ2v) is 4.27. The summed E-state index contributed by atoms with van der Waals surface area (Å²) in [6.45, 7) is 4.38. The van der Waals surface area contributed by atoms with Gasteiger partial charge in [-0.15, -0.1) is 0 Å². The average Bonchev–Trinajstić information content (AvgIpc) is 2.35. The zero-order chi connectivity index (χ0) is 13.7. The van der Waals surface area contributed by atoms with E-state index in [0.29, 0.717) is 23.7 Å². The van der Waals surface area contributed by atoms with Crippen molar-refractivity contribution < 1.29 is 14.6 Å². The zero-order valence-corrected chi connectivity index (χ0v) is 11.6. The molecule has 18 heavy (non-hydrogen) atoms. The highest BCUT2D eigenvalue weighted by atomic mass is 35.5. The number of methoxy groups -OCH3 is 1. The van der Waals surface area contributed by atoms with E-state index in [4.69, 9.17) is 16.3 Å². The molecule has 4 nitrogen and oxygen atoms in total. The van der Waals surface area contributed by atoms with Gasteiger partial charge in [0.1, 0.15) is 11.8 Å². The van der Waals surface area contributed by atoms with Gasteiger partial charge in [0.2, 0.25) is 0 Å². The summed E-state index contributed by atoms with van der Waals surface area (Å²) in [7, 11) is 1.55. The fourth-order valence-corrected chi connectivity index (χ4v) is 2.20. The third kappa shape index (κ3) is 3.07. The quantitative estimate of drug-likeness (QED) is 0.864. The van der Waals surface area contributed by atoms with Gasteiger partial charge in [-0.05, 0) is 31.5 Å². The van der Waals surface area contributed by atoms with E-state index < -0.39 is 12.0 Å². The van der Waals surface area contributed by atoms with Crippen LogP contribution >= 0.6 is 11.6 Å². The maximum atomic E-state index is 11.2. The zero-order valence-electron chi connectivity index (χ0n) is 10.8. The highest BCUT2D eigenvalue weighted by molar-refractivity contribution is 6.32. The van der Waals surface area contributed by atoms with E-state index in [1.807, 2.05) is 24.8 Å². The van der Waals surface area contributed by atoms with Crippen molar-refractivity contribution in [2.24, 2.45) is 0 Å². The number of nitrogens with zero attached hydrogens (tertiary/aromatic N) is 1. The van der Waals surface area contributed by atoms with E-state index in [-0.39, 0.29) is 0 Å². The summed E-state index contributed by atoms with van der Waals surface area (Å²) in [5.41, 5.74) is 0.789. The summed E-state index contributed by atoms with van der Waals surface area (Å²) in [4.78, 5) is 13.0. The lowest BCUT2D eigenvalue weighted by molar-refractivity contribution is -0.138. The molecular weight excluding hydrogens is 254 g/mol. The van der Waals surface area contributed by atoms with Crippen molar-refractivity contribution in [2.45, 2.75) is 26.3 Å². The van der Waals surface area contributed by atoms with E-state index in [1.54, 1.807) is 19.2 Å². The molecule has 100 valence electrons. The topological polar surface area (TPSA) is 49.8 Å². The van der Waals surface area contributed by atoms with Gasteiger partial charge in [-0.1, -0.05) is 18.5 Å². The molecule has 0 aliphatic carbocycles. The van der Waals surface area contributed by atoms with Crippen LogP contribution in [0.15, 0.2) is 18.2 Å². The normalized spacial score (nSPS) is 12.0. The predicted molar refractivity (Wildman–Crippen MR) is 72.7 cm³/mol. The highest BCUT2D eigenvalue weighted by Crippen LogP contribution is 2.30. The number of hydrogen-bond acceptors (Lipinski definition) is 3. The molecule has 0 spiro atoms. The number of carboxylic acids is 1. The van der Waals surface area contributed by atoms with Crippen LogP contribution in [0.1, 0.15) is 20.3 Å². The van der Waals surface area contributed by atoms with E-state index in [1.165, 1.54) is 0 Å². The van der Waals surface area contributed by atoms with Gasteiger partial charge < -0.3 is 14.7 Å². The number of likely N-dealkylation sites (N-methyl/N-ethyl adjacent to an activating group) is 1. The molecule has 0 saturated heterocycles. The molecule has 0 aromatic heterocycles. The molecule has 5 heteroatoms. The number of ether oxygens (including phenoxy) is 1. The molecule has 0 aliphatic heterocycles. The summed E-state index contributed by atoms with van der Waals surface area (Å²) < 4.78 is 5.08. The Morgan fingerprint density at radius 2 is 2.17 bits per heavy atom. The lowest BCUT2D eigenvalue weighted by atomic mass is 10.1. The lowest BCUT2D eigenvalue weighted by Crippen LogP contribution is -2.40. The molecule has 1 unspecified atom stereocenters. The van der Waals surface area contributed by atoms with Crippen molar-refractivity contribution in [1.29, 1.82) is 0 Å². The number of hydrogen-bond donors (Lipinski definition) is 1. The first kappa shape index (κ1) is 14.6. The maximum Gasteiger partial charge on any atom is 0.326 e. The maximum absolute atomic E-state index is 11.2. The number of carbonyl (C=O) groups is 1. The Balaban J connectivity index is 3.08. The molecule has 0 bridgehead atoms. The molecule has 1 atom stereocenters. The van der Waals surface area contributed by atoms with E-state index in [2.05, 4.69) is 0 Å². The summed E-state index contributed by atoms with van der Waals surface area (Å²) in [5.74, 6) is -0.244. The van der Waals surface area contributed by atoms with Crippen molar-refractivity contribution in [1.82, 2.24) is 0 Å². The van der Waals surface area contributed by atoms with Crippen LogP contribution in [0.3, 0.4) is 0 Å². The minimum absolute atomic E-state index is 0.480. The van der Waals surface area contributed by atoms with Gasteiger partial charge in [0.25, 0.3) is 0 Å². The number of aliphatic carboxylic acids is 1. The third-order valence-electron chi connectivity index (χ3n) is 2.86. The Kier molecular flexibility index (Phi) is 5.28. The first-order valence-corrected chi connectivity index (χ1v) is 6.25. The van der Waals surface area contributed by atoms with Gasteiger partial charge in [-0.25, -0.2) is 4.79 Å². The number of halogens is 1. The van der Waals surface area contributed by atoms with Gasteiger partial charge in [-0.3, -0.25) is 0 Å². The Morgan fingerprint density at radius 3 is 2.56 bits per heavy atom. The first-order chi connectivity index (χ1) is 8.54. The van der Waals surface area contributed by atoms with Gasteiger partial charge in [0.15, 0.2) is 0 Å². The highest BCUT2D eigenvalue weighted by Gasteiger charge is 2.23. The second-order valence-electron chi connectivity index (χ2n) is 3.87. The van der Waals surface area contributed by atoms with Crippen LogP contribution < -0.4 is 9.64 Å². The average molecular weight is 272 g/mol. The Labute approximate surface area is 112 Å². The van der Waals surface area contributed by atoms with Gasteiger partial charge in [0, 0.05) is 12.2 Å². The predicted octanol–water partition coefficient (Wildman–Crippen LogP) is 3.04. The fourth-order valence-electron chi connectivity index (χ4n) is 1.95. The second kappa shape index (κ2) is 6.50. The summed E-state index contributed by atoms with van der Waals surface area (Å²) in [6, 6.07) is 4.75. The van der Waals surface area contributed by atoms with Crippen molar-refractivity contribution in [3.8, 4) is 5.75 Å². The van der Waals surface area contributed by atoms with Crippen molar-refractivity contribution in [2.75, 3.05) is 18.6 Å². The standard InChI is InChI=1S/C13H18ClNO3/c1-4-11(13(16)17)15(5-2)9-6-7-12(18-3)10(14)8-9/h6-8,11H,4-5H2,1-3H3,(H,16,17). The summed E-state index contributed by atoms with van der Waals surface area (Å²) in [5, 5.41) is 9.69. The van der Waals surface area contributed by atoms with Crippen molar-refractivity contribution in [3.05, 3.63) is 23.2 Å². The molecular formula is C13H18ClNO3. The summed E-state index contributed by atoms with van der Waals surface area (Å²) >= 11 is 6.06. The van der Waals surface area contributed by atoms with Crippen LogP contribution in [0, 0.1) is 0 Å². The number of carboxylic acid groups (broad SMARTS) is 1.